The van der Waals surface area contributed by atoms with Crippen LogP contribution in [0.5, 0.6) is 11.5 Å². The quantitative estimate of drug-likeness (QED) is 0.696. The van der Waals surface area contributed by atoms with E-state index in [1.54, 1.807) is 36.6 Å². The molecule has 1 aromatic heterocycles. The summed E-state index contributed by atoms with van der Waals surface area (Å²) < 4.78 is 17.2. The molecule has 0 radical (unpaired) electrons. The zero-order valence-electron chi connectivity index (χ0n) is 11.2. The molecule has 1 atom stereocenters. The number of nitrogens with zero attached hydrogens (tertiary/aromatic N) is 1. The number of rotatable bonds is 3. The Morgan fingerprint density at radius 3 is 2.64 bits per heavy atom. The van der Waals surface area contributed by atoms with Gasteiger partial charge in [0.15, 0.2) is 5.16 Å². The van der Waals surface area contributed by atoms with Crippen molar-refractivity contribution in [3.8, 4) is 11.5 Å². The van der Waals surface area contributed by atoms with Crippen LogP contribution in [0.1, 0.15) is 0 Å². The molecule has 0 bridgehead atoms. The van der Waals surface area contributed by atoms with Crippen LogP contribution in [0.2, 0.25) is 15.1 Å². The van der Waals surface area contributed by atoms with Gasteiger partial charge in [0.2, 0.25) is 0 Å². The van der Waals surface area contributed by atoms with E-state index >= 15 is 0 Å². The Bertz CT molecular complexity index is 895. The van der Waals surface area contributed by atoms with Crippen LogP contribution in [0.3, 0.4) is 0 Å². The van der Waals surface area contributed by atoms with E-state index in [0.29, 0.717) is 42.8 Å². The van der Waals surface area contributed by atoms with E-state index in [1.807, 2.05) is 0 Å². The summed E-state index contributed by atoms with van der Waals surface area (Å²) in [4.78, 5) is 7.19. The maximum atomic E-state index is 11.5. The van der Waals surface area contributed by atoms with E-state index in [-0.39, 0.29) is 0 Å². The zero-order chi connectivity index (χ0) is 15.9. The van der Waals surface area contributed by atoms with Gasteiger partial charge in [-0.2, -0.15) is 0 Å². The molecule has 3 rings (SSSR count). The van der Waals surface area contributed by atoms with Crippen molar-refractivity contribution in [2.24, 2.45) is 0 Å². The molecule has 0 saturated heterocycles. The van der Waals surface area contributed by atoms with Gasteiger partial charge in [-0.15, -0.1) is 0 Å². The molecule has 0 amide bonds. The fraction of sp³-hybridized carbons (Fsp3) is 0.0714. The number of H-pyrrole nitrogens is 1. The molecule has 1 N–H and O–H groups in total. The van der Waals surface area contributed by atoms with Gasteiger partial charge in [0.25, 0.3) is 0 Å². The standard InChI is InChI=1S/C14H9Cl3N2O2S/c1-22(20)14-18-9-5-8(16)12(6-10(9)19-14)21-11-4-2-3-7(15)13(11)17/h2-6H,1H3,(H,18,19)/t22-/m1/s1. The van der Waals surface area contributed by atoms with E-state index < -0.39 is 10.8 Å². The molecule has 0 unspecified atom stereocenters. The van der Waals surface area contributed by atoms with Crippen LogP contribution in [0.25, 0.3) is 11.0 Å². The Kier molecular flexibility index (Phi) is 4.32. The number of ether oxygens (including phenoxy) is 1. The van der Waals surface area contributed by atoms with E-state index in [2.05, 4.69) is 9.97 Å². The second-order valence-corrected chi connectivity index (χ2v) is 6.94. The van der Waals surface area contributed by atoms with Crippen LogP contribution in [0.15, 0.2) is 35.5 Å². The lowest BCUT2D eigenvalue weighted by Crippen LogP contribution is -1.88. The molecule has 114 valence electrons. The molecule has 0 spiro atoms. The highest BCUT2D eigenvalue weighted by Crippen LogP contribution is 2.38. The number of nitrogens with one attached hydrogen (secondary N) is 1. The molecule has 8 heteroatoms. The lowest BCUT2D eigenvalue weighted by atomic mass is 10.3. The minimum Gasteiger partial charge on any atom is -0.454 e. The van der Waals surface area contributed by atoms with Gasteiger partial charge in [-0.1, -0.05) is 40.9 Å². The summed E-state index contributed by atoms with van der Waals surface area (Å²) in [6, 6.07) is 8.39. The van der Waals surface area contributed by atoms with Gasteiger partial charge in [-0.25, -0.2) is 4.98 Å². The number of imidazole rings is 1. The Morgan fingerprint density at radius 2 is 1.91 bits per heavy atom. The van der Waals surface area contributed by atoms with Gasteiger partial charge in [0.1, 0.15) is 16.5 Å². The molecule has 0 saturated carbocycles. The molecular formula is C14H9Cl3N2O2S. The van der Waals surface area contributed by atoms with E-state index in [1.165, 1.54) is 0 Å². The highest BCUT2D eigenvalue weighted by Gasteiger charge is 2.13. The van der Waals surface area contributed by atoms with Crippen LogP contribution < -0.4 is 4.74 Å². The molecular weight excluding hydrogens is 367 g/mol. The van der Waals surface area contributed by atoms with Gasteiger partial charge >= 0.3 is 0 Å². The lowest BCUT2D eigenvalue weighted by Gasteiger charge is -2.09. The molecule has 2 aromatic carbocycles. The molecule has 0 fully saturated rings. The molecule has 4 nitrogen and oxygen atoms in total. The monoisotopic (exact) mass is 374 g/mol. The van der Waals surface area contributed by atoms with Gasteiger partial charge in [0, 0.05) is 12.3 Å². The van der Waals surface area contributed by atoms with Crippen LogP contribution in [0, 0.1) is 0 Å². The number of hydrogen-bond donors (Lipinski definition) is 1. The van der Waals surface area contributed by atoms with Crippen LogP contribution >= 0.6 is 34.8 Å². The van der Waals surface area contributed by atoms with Gasteiger partial charge in [-0.3, -0.25) is 4.21 Å². The van der Waals surface area contributed by atoms with Crippen molar-refractivity contribution in [1.82, 2.24) is 9.97 Å². The average molecular weight is 376 g/mol. The summed E-state index contributed by atoms with van der Waals surface area (Å²) in [5.41, 5.74) is 1.28. The SMILES string of the molecule is C[S@@](=O)c1nc2cc(Oc3cccc(Cl)c3Cl)c(Cl)cc2[nH]1. The summed E-state index contributed by atoms with van der Waals surface area (Å²) in [7, 11) is -1.21. The largest absolute Gasteiger partial charge is 0.454 e. The van der Waals surface area contributed by atoms with Crippen molar-refractivity contribution in [2.45, 2.75) is 5.16 Å². The molecule has 0 aliphatic carbocycles. The average Bonchev–Trinajstić information content (AvgIpc) is 2.87. The molecule has 1 heterocycles. The maximum Gasteiger partial charge on any atom is 0.197 e. The molecule has 0 aliphatic rings. The van der Waals surface area contributed by atoms with Crippen LogP contribution in [-0.2, 0) is 10.8 Å². The smallest absolute Gasteiger partial charge is 0.197 e. The summed E-state index contributed by atoms with van der Waals surface area (Å²) in [5.74, 6) is 0.781. The Hall–Kier alpha value is -1.27. The van der Waals surface area contributed by atoms with Crippen molar-refractivity contribution in [3.05, 3.63) is 45.4 Å². The molecule has 3 aromatic rings. The topological polar surface area (TPSA) is 55.0 Å². The maximum absolute atomic E-state index is 11.5. The minimum atomic E-state index is -1.21. The highest BCUT2D eigenvalue weighted by molar-refractivity contribution is 7.84. The van der Waals surface area contributed by atoms with Crippen LogP contribution in [-0.4, -0.2) is 20.4 Å². The first kappa shape index (κ1) is 15.6. The number of halogens is 3. The van der Waals surface area contributed by atoms with Gasteiger partial charge in [0.05, 0.1) is 31.9 Å². The van der Waals surface area contributed by atoms with E-state index in [9.17, 15) is 4.21 Å². The number of aromatic nitrogens is 2. The fourth-order valence-corrected chi connectivity index (χ4v) is 2.90. The third kappa shape index (κ3) is 2.94. The Morgan fingerprint density at radius 1 is 1.14 bits per heavy atom. The van der Waals surface area contributed by atoms with E-state index in [0.717, 1.165) is 0 Å². The first-order chi connectivity index (χ1) is 10.5. The van der Waals surface area contributed by atoms with Gasteiger partial charge in [-0.05, 0) is 18.2 Å². The van der Waals surface area contributed by atoms with Crippen molar-refractivity contribution in [2.75, 3.05) is 6.26 Å². The number of benzene rings is 2. The highest BCUT2D eigenvalue weighted by atomic mass is 35.5. The second-order valence-electron chi connectivity index (χ2n) is 4.45. The lowest BCUT2D eigenvalue weighted by molar-refractivity contribution is 0.484. The summed E-state index contributed by atoms with van der Waals surface area (Å²) in [5, 5.41) is 1.45. The Balaban J connectivity index is 2.05. The first-order valence-corrected chi connectivity index (χ1v) is 8.79. The normalized spacial score (nSPS) is 12.5. The van der Waals surface area contributed by atoms with E-state index in [4.69, 9.17) is 39.5 Å². The van der Waals surface area contributed by atoms with Crippen molar-refractivity contribution in [3.63, 3.8) is 0 Å². The third-order valence-electron chi connectivity index (χ3n) is 2.92. The third-order valence-corrected chi connectivity index (χ3v) is 4.76. The summed E-state index contributed by atoms with van der Waals surface area (Å²) >= 11 is 18.3. The first-order valence-electron chi connectivity index (χ1n) is 6.10. The van der Waals surface area contributed by atoms with Crippen molar-refractivity contribution < 1.29 is 8.95 Å². The predicted octanol–water partition coefficient (Wildman–Crippen LogP) is 5.05. The molecule has 22 heavy (non-hydrogen) atoms. The van der Waals surface area contributed by atoms with Crippen molar-refractivity contribution >= 4 is 56.6 Å². The zero-order valence-corrected chi connectivity index (χ0v) is 14.3. The second kappa shape index (κ2) is 6.08. The minimum absolute atomic E-state index is 0.303. The van der Waals surface area contributed by atoms with Crippen molar-refractivity contribution in [1.29, 1.82) is 0 Å². The van der Waals surface area contributed by atoms with Crippen LogP contribution in [0.4, 0.5) is 0 Å². The number of fused-ring (bicyclic) bond motifs is 1. The molecule has 0 aliphatic heterocycles. The number of aromatic amines is 1. The fourth-order valence-electron chi connectivity index (χ4n) is 1.88. The number of hydrogen-bond acceptors (Lipinski definition) is 3. The van der Waals surface area contributed by atoms with Gasteiger partial charge < -0.3 is 9.72 Å². The predicted molar refractivity (Wildman–Crippen MR) is 90.0 cm³/mol. The summed E-state index contributed by atoms with van der Waals surface area (Å²) in [6.07, 6.45) is 1.54. The Labute approximate surface area is 143 Å². The summed E-state index contributed by atoms with van der Waals surface area (Å²) in [6.45, 7) is 0.